The van der Waals surface area contributed by atoms with Gasteiger partial charge < -0.3 is 14.2 Å². The lowest BCUT2D eigenvalue weighted by Gasteiger charge is -2.40. The fourth-order valence-electron chi connectivity index (χ4n) is 12.4. The first kappa shape index (κ1) is 34.4. The third kappa shape index (κ3) is 4.15. The molecule has 12 aromatic rings. The van der Waals surface area contributed by atoms with E-state index >= 15 is 0 Å². The van der Waals surface area contributed by atoms with E-state index in [-0.39, 0.29) is 0 Å². The number of rotatable bonds is 2. The summed E-state index contributed by atoms with van der Waals surface area (Å²) in [6.45, 7) is 0. The Morgan fingerprint density at radius 1 is 0.446 bits per heavy atom. The minimum Gasteiger partial charge on any atom is -0.456 e. The highest BCUT2D eigenvalue weighted by atomic mass is 32.1. The summed E-state index contributed by atoms with van der Waals surface area (Å²) in [7, 11) is 0. The molecular formula is C59H34N4OS. The number of aryl methyl sites for hydroxylation is 2. The van der Waals surface area contributed by atoms with Crippen molar-refractivity contribution >= 4 is 98.3 Å². The summed E-state index contributed by atoms with van der Waals surface area (Å²) >= 11 is 1.93. The van der Waals surface area contributed by atoms with Crippen molar-refractivity contribution in [3.05, 3.63) is 216 Å². The molecule has 16 rings (SSSR count). The van der Waals surface area contributed by atoms with Gasteiger partial charge in [0.1, 0.15) is 11.2 Å². The Bertz CT molecular complexity index is 4050. The van der Waals surface area contributed by atoms with E-state index in [2.05, 4.69) is 174 Å². The Hall–Kier alpha value is -8.06. The summed E-state index contributed by atoms with van der Waals surface area (Å²) in [6, 6.07) is 62.8. The molecule has 0 atom stereocenters. The molecule has 65 heavy (non-hydrogen) atoms. The maximum atomic E-state index is 6.59. The first-order valence-electron chi connectivity index (χ1n) is 22.4. The Labute approximate surface area is 377 Å². The standard InChI is InChI=1S/C59H34N4OS/c1-2-11-35(12-3-1)62-45-17-5-6-18-46(45)63(48-31-40-36-13-4-7-20-50(36)64-51(40)32-49(48)62)47-19-8-14-37-38-26-28-42-54(58(38)65-57(37)47)39-25-23-33-21-22-34-24-27-41(53(39)52(33)34)59(42)43-15-9-29-60-55(43)56-44(59)16-10-30-61-56/h1-20,23-32H,21-22H2. The van der Waals surface area contributed by atoms with E-state index in [9.17, 15) is 0 Å². The van der Waals surface area contributed by atoms with Gasteiger partial charge in [-0.1, -0.05) is 109 Å². The highest BCUT2D eigenvalue weighted by Gasteiger charge is 2.52. The number of anilines is 6. The zero-order valence-corrected chi connectivity index (χ0v) is 35.7. The lowest BCUT2D eigenvalue weighted by Crippen LogP contribution is -2.32. The molecule has 0 saturated heterocycles. The van der Waals surface area contributed by atoms with Crippen molar-refractivity contribution in [3.63, 3.8) is 0 Å². The number of furan rings is 1. The normalized spacial score (nSPS) is 14.7. The minimum absolute atomic E-state index is 0.577. The molecule has 0 N–H and O–H groups in total. The second-order valence-electron chi connectivity index (χ2n) is 17.9. The van der Waals surface area contributed by atoms with E-state index in [1.165, 1.54) is 75.5 Å². The van der Waals surface area contributed by atoms with Crippen LogP contribution in [0.25, 0.3) is 75.4 Å². The number of aromatic nitrogens is 2. The summed E-state index contributed by atoms with van der Waals surface area (Å²) in [4.78, 5) is 15.0. The van der Waals surface area contributed by atoms with Gasteiger partial charge in [0, 0.05) is 56.0 Å². The smallest absolute Gasteiger partial charge is 0.137 e. The van der Waals surface area contributed by atoms with Gasteiger partial charge in [0.15, 0.2) is 0 Å². The predicted molar refractivity (Wildman–Crippen MR) is 266 cm³/mol. The Morgan fingerprint density at radius 2 is 1.11 bits per heavy atom. The molecule has 5 nitrogen and oxygen atoms in total. The summed E-state index contributed by atoms with van der Waals surface area (Å²) in [5.41, 5.74) is 20.4. The Balaban J connectivity index is 1.02. The molecule has 1 aliphatic heterocycles. The molecule has 0 unspecified atom stereocenters. The first-order chi connectivity index (χ1) is 32.3. The van der Waals surface area contributed by atoms with Crippen molar-refractivity contribution in [3.8, 4) is 22.5 Å². The highest BCUT2D eigenvalue weighted by molar-refractivity contribution is 7.27. The Kier molecular flexibility index (Phi) is 6.43. The third-order valence-electron chi connectivity index (χ3n) is 14.9. The largest absolute Gasteiger partial charge is 0.456 e. The average Bonchev–Trinajstić information content (AvgIpc) is 4.14. The molecule has 8 aromatic carbocycles. The van der Waals surface area contributed by atoms with Gasteiger partial charge >= 0.3 is 0 Å². The van der Waals surface area contributed by atoms with E-state index < -0.39 is 5.41 Å². The predicted octanol–water partition coefficient (Wildman–Crippen LogP) is 15.6. The van der Waals surface area contributed by atoms with Crippen LogP contribution >= 0.6 is 11.3 Å². The SMILES string of the molecule is c1ccc(N2c3ccccc3N(c3cccc4c3sc3c5c(ccc34)C3(c4cccnc4-c4ncccc43)c3ccc4c6c(ccc-5c36)CC4)c3cc4c(cc32)oc2ccccc24)cc1. The number of benzene rings is 8. The summed E-state index contributed by atoms with van der Waals surface area (Å²) in [5.74, 6) is 0. The molecule has 0 amide bonds. The van der Waals surface area contributed by atoms with E-state index in [0.717, 1.165) is 80.3 Å². The minimum atomic E-state index is -0.577. The summed E-state index contributed by atoms with van der Waals surface area (Å²) in [5, 5.41) is 7.57. The lowest BCUT2D eigenvalue weighted by atomic mass is 9.61. The summed E-state index contributed by atoms with van der Waals surface area (Å²) in [6.07, 6.45) is 5.99. The third-order valence-corrected chi connectivity index (χ3v) is 16.2. The van der Waals surface area contributed by atoms with Crippen LogP contribution < -0.4 is 9.80 Å². The maximum Gasteiger partial charge on any atom is 0.137 e. The Morgan fingerprint density at radius 3 is 1.92 bits per heavy atom. The molecule has 0 saturated carbocycles. The molecule has 6 heteroatoms. The topological polar surface area (TPSA) is 45.4 Å². The molecule has 4 aromatic heterocycles. The van der Waals surface area contributed by atoms with Crippen molar-refractivity contribution < 1.29 is 4.42 Å². The van der Waals surface area contributed by atoms with Crippen molar-refractivity contribution in [2.75, 3.05) is 9.80 Å². The highest BCUT2D eigenvalue weighted by Crippen LogP contribution is 2.64. The lowest BCUT2D eigenvalue weighted by molar-refractivity contribution is 0.669. The van der Waals surface area contributed by atoms with Crippen LogP contribution in [-0.4, -0.2) is 9.97 Å². The van der Waals surface area contributed by atoms with Gasteiger partial charge in [0.25, 0.3) is 0 Å². The second kappa shape index (κ2) is 12.1. The van der Waals surface area contributed by atoms with Crippen molar-refractivity contribution in [2.24, 2.45) is 0 Å². The molecule has 0 radical (unpaired) electrons. The second-order valence-corrected chi connectivity index (χ2v) is 18.9. The summed E-state index contributed by atoms with van der Waals surface area (Å²) < 4.78 is 9.16. The van der Waals surface area contributed by atoms with E-state index in [1.54, 1.807) is 0 Å². The molecule has 0 fully saturated rings. The van der Waals surface area contributed by atoms with Crippen molar-refractivity contribution in [1.29, 1.82) is 0 Å². The van der Waals surface area contributed by atoms with Crippen LogP contribution in [0.2, 0.25) is 0 Å². The van der Waals surface area contributed by atoms with Crippen LogP contribution in [0.15, 0.2) is 187 Å². The van der Waals surface area contributed by atoms with Crippen molar-refractivity contribution in [1.82, 2.24) is 9.97 Å². The van der Waals surface area contributed by atoms with Gasteiger partial charge in [-0.15, -0.1) is 11.3 Å². The monoisotopic (exact) mass is 846 g/mol. The average molecular weight is 847 g/mol. The molecule has 5 heterocycles. The van der Waals surface area contributed by atoms with Gasteiger partial charge in [-0.2, -0.15) is 0 Å². The number of hydrogen-bond acceptors (Lipinski definition) is 6. The van der Waals surface area contributed by atoms with E-state index in [4.69, 9.17) is 14.4 Å². The zero-order valence-electron chi connectivity index (χ0n) is 34.8. The van der Waals surface area contributed by atoms with Crippen molar-refractivity contribution in [2.45, 2.75) is 18.3 Å². The van der Waals surface area contributed by atoms with Crippen LogP contribution in [0, 0.1) is 0 Å². The molecule has 302 valence electrons. The first-order valence-corrected chi connectivity index (χ1v) is 23.3. The van der Waals surface area contributed by atoms with E-state index in [0.29, 0.717) is 0 Å². The number of fused-ring (bicyclic) bond motifs is 18. The van der Waals surface area contributed by atoms with Crippen LogP contribution in [-0.2, 0) is 18.3 Å². The van der Waals surface area contributed by atoms with Crippen LogP contribution in [0.4, 0.5) is 34.1 Å². The molecule has 0 bridgehead atoms. The van der Waals surface area contributed by atoms with Crippen LogP contribution in [0.3, 0.4) is 0 Å². The van der Waals surface area contributed by atoms with Gasteiger partial charge in [-0.25, -0.2) is 0 Å². The van der Waals surface area contributed by atoms with Gasteiger partial charge in [-0.05, 0) is 117 Å². The number of pyridine rings is 2. The molecule has 1 spiro atoms. The number of hydrogen-bond donors (Lipinski definition) is 0. The van der Waals surface area contributed by atoms with Gasteiger partial charge in [0.05, 0.1) is 49.9 Å². The molecule has 4 aliphatic rings. The zero-order chi connectivity index (χ0) is 42.1. The van der Waals surface area contributed by atoms with Gasteiger partial charge in [-0.3, -0.25) is 9.97 Å². The van der Waals surface area contributed by atoms with E-state index in [1.807, 2.05) is 29.8 Å². The maximum absolute atomic E-state index is 6.59. The fourth-order valence-corrected chi connectivity index (χ4v) is 13.8. The number of thiophene rings is 1. The number of nitrogens with zero attached hydrogens (tertiary/aromatic N) is 4. The molecule has 3 aliphatic carbocycles. The fraction of sp³-hybridized carbons (Fsp3) is 0.0508. The number of para-hydroxylation sites is 4. The quantitative estimate of drug-likeness (QED) is 0.173. The van der Waals surface area contributed by atoms with Gasteiger partial charge in [0.2, 0.25) is 0 Å². The van der Waals surface area contributed by atoms with Crippen LogP contribution in [0.1, 0.15) is 33.4 Å². The van der Waals surface area contributed by atoms with Crippen LogP contribution in [0.5, 0.6) is 0 Å². The molecular weight excluding hydrogens is 813 g/mol.